The molecule has 1 N–H and O–H groups in total. The molecule has 23 heavy (non-hydrogen) atoms. The van der Waals surface area contributed by atoms with Gasteiger partial charge >= 0.3 is 6.18 Å². The Bertz CT molecular complexity index is 829. The number of ether oxygens (including phenoxy) is 1. The zero-order valence-electron chi connectivity index (χ0n) is 12.2. The van der Waals surface area contributed by atoms with Gasteiger partial charge in [-0.1, -0.05) is 0 Å². The lowest BCUT2D eigenvalue weighted by atomic mass is 10.1. The van der Waals surface area contributed by atoms with E-state index in [1.54, 1.807) is 18.5 Å². The topological polar surface area (TPSA) is 34.1 Å². The zero-order chi connectivity index (χ0) is 16.4. The fourth-order valence-corrected chi connectivity index (χ4v) is 2.31. The lowest BCUT2D eigenvalue weighted by Gasteiger charge is -2.12. The van der Waals surface area contributed by atoms with E-state index < -0.39 is 11.7 Å². The second-order valence-electron chi connectivity index (χ2n) is 4.91. The molecular formula is C17H13F3N2O. The van der Waals surface area contributed by atoms with Crippen LogP contribution in [0.1, 0.15) is 5.56 Å². The Morgan fingerprint density at radius 1 is 0.957 bits per heavy atom. The third-order valence-corrected chi connectivity index (χ3v) is 3.46. The molecule has 0 spiro atoms. The van der Waals surface area contributed by atoms with Gasteiger partial charge in [0.2, 0.25) is 0 Å². The lowest BCUT2D eigenvalue weighted by molar-refractivity contribution is -0.137. The molecule has 0 fully saturated rings. The Morgan fingerprint density at radius 2 is 1.70 bits per heavy atom. The third kappa shape index (κ3) is 3.06. The number of alkyl halides is 3. The van der Waals surface area contributed by atoms with Gasteiger partial charge in [-0.05, 0) is 42.5 Å². The van der Waals surface area contributed by atoms with Crippen molar-refractivity contribution in [2.24, 2.45) is 0 Å². The molecule has 2 aromatic carbocycles. The van der Waals surface area contributed by atoms with Crippen LogP contribution in [0.25, 0.3) is 10.8 Å². The fourth-order valence-electron chi connectivity index (χ4n) is 2.31. The summed E-state index contributed by atoms with van der Waals surface area (Å²) in [6.07, 6.45) is -1.02. The molecule has 6 heteroatoms. The fraction of sp³-hybridized carbons (Fsp3) is 0.118. The van der Waals surface area contributed by atoms with Crippen molar-refractivity contribution in [2.75, 3.05) is 12.4 Å². The summed E-state index contributed by atoms with van der Waals surface area (Å²) in [5, 5.41) is 4.78. The molecule has 0 aliphatic carbocycles. The number of nitrogens with one attached hydrogen (secondary N) is 1. The molecule has 3 aromatic rings. The summed E-state index contributed by atoms with van der Waals surface area (Å²) < 4.78 is 43.5. The highest BCUT2D eigenvalue weighted by Crippen LogP contribution is 2.35. The average molecular weight is 318 g/mol. The first-order valence-electron chi connectivity index (χ1n) is 6.88. The molecule has 0 saturated carbocycles. The van der Waals surface area contributed by atoms with Gasteiger partial charge in [-0.3, -0.25) is 4.98 Å². The molecule has 3 rings (SSSR count). The number of benzene rings is 2. The van der Waals surface area contributed by atoms with Crippen molar-refractivity contribution < 1.29 is 17.9 Å². The molecule has 0 atom stereocenters. The standard InChI is InChI=1S/C17H13F3N2O/c1-21-15-6-7-16(14-10-22-9-8-13(14)15)23-12-4-2-11(3-5-12)17(18,19)20/h2-10,21H,1H3. The van der Waals surface area contributed by atoms with Gasteiger partial charge in [0.1, 0.15) is 11.5 Å². The Kier molecular flexibility index (Phi) is 3.82. The quantitative estimate of drug-likeness (QED) is 0.730. The highest BCUT2D eigenvalue weighted by molar-refractivity contribution is 5.97. The molecule has 0 aliphatic rings. The summed E-state index contributed by atoms with van der Waals surface area (Å²) in [6, 6.07) is 10.1. The van der Waals surface area contributed by atoms with Crippen LogP contribution in [-0.4, -0.2) is 12.0 Å². The van der Waals surface area contributed by atoms with E-state index in [1.807, 2.05) is 19.2 Å². The molecule has 1 aromatic heterocycles. The first-order valence-corrected chi connectivity index (χ1v) is 6.88. The summed E-state index contributed by atoms with van der Waals surface area (Å²) in [6.45, 7) is 0. The normalized spacial score (nSPS) is 11.5. The van der Waals surface area contributed by atoms with Crippen LogP contribution in [-0.2, 0) is 6.18 Å². The minimum Gasteiger partial charge on any atom is -0.457 e. The van der Waals surface area contributed by atoms with Crippen LogP contribution < -0.4 is 10.1 Å². The maximum atomic E-state index is 12.6. The first-order chi connectivity index (χ1) is 11.0. The predicted molar refractivity (Wildman–Crippen MR) is 82.8 cm³/mol. The van der Waals surface area contributed by atoms with Crippen LogP contribution in [0.2, 0.25) is 0 Å². The second-order valence-corrected chi connectivity index (χ2v) is 4.91. The maximum Gasteiger partial charge on any atom is 0.416 e. The van der Waals surface area contributed by atoms with E-state index in [2.05, 4.69) is 10.3 Å². The van der Waals surface area contributed by atoms with Crippen molar-refractivity contribution >= 4 is 16.5 Å². The number of nitrogens with zero attached hydrogens (tertiary/aromatic N) is 1. The Morgan fingerprint density at radius 3 is 2.35 bits per heavy atom. The van der Waals surface area contributed by atoms with Crippen molar-refractivity contribution in [3.8, 4) is 11.5 Å². The molecule has 118 valence electrons. The van der Waals surface area contributed by atoms with Gasteiger partial charge in [-0.25, -0.2) is 0 Å². The van der Waals surface area contributed by atoms with Crippen LogP contribution in [0, 0.1) is 0 Å². The van der Waals surface area contributed by atoms with E-state index in [-0.39, 0.29) is 0 Å². The highest BCUT2D eigenvalue weighted by Gasteiger charge is 2.30. The minimum absolute atomic E-state index is 0.334. The first kappa shape index (κ1) is 15.1. The summed E-state index contributed by atoms with van der Waals surface area (Å²) in [7, 11) is 1.81. The number of hydrogen-bond donors (Lipinski definition) is 1. The average Bonchev–Trinajstić information content (AvgIpc) is 2.55. The number of rotatable bonds is 3. The molecule has 0 saturated heterocycles. The van der Waals surface area contributed by atoms with E-state index in [0.717, 1.165) is 28.6 Å². The van der Waals surface area contributed by atoms with Gasteiger partial charge < -0.3 is 10.1 Å². The largest absolute Gasteiger partial charge is 0.457 e. The number of aromatic nitrogens is 1. The molecule has 0 radical (unpaired) electrons. The van der Waals surface area contributed by atoms with E-state index in [9.17, 15) is 13.2 Å². The van der Waals surface area contributed by atoms with E-state index >= 15 is 0 Å². The summed E-state index contributed by atoms with van der Waals surface area (Å²) in [5.41, 5.74) is 0.212. The van der Waals surface area contributed by atoms with Gasteiger partial charge in [-0.2, -0.15) is 13.2 Å². The van der Waals surface area contributed by atoms with Gasteiger partial charge in [0, 0.05) is 35.9 Å². The maximum absolute atomic E-state index is 12.6. The highest BCUT2D eigenvalue weighted by atomic mass is 19.4. The molecule has 0 unspecified atom stereocenters. The van der Waals surface area contributed by atoms with Crippen LogP contribution >= 0.6 is 0 Å². The third-order valence-electron chi connectivity index (χ3n) is 3.46. The van der Waals surface area contributed by atoms with Gasteiger partial charge in [0.25, 0.3) is 0 Å². The summed E-state index contributed by atoms with van der Waals surface area (Å²) in [5.74, 6) is 0.868. The number of halogens is 3. The van der Waals surface area contributed by atoms with Gasteiger partial charge in [-0.15, -0.1) is 0 Å². The van der Waals surface area contributed by atoms with Gasteiger partial charge in [0.05, 0.1) is 5.56 Å². The van der Waals surface area contributed by atoms with Crippen molar-refractivity contribution in [2.45, 2.75) is 6.18 Å². The van der Waals surface area contributed by atoms with Crippen LogP contribution in [0.15, 0.2) is 54.9 Å². The molecule has 0 amide bonds. The van der Waals surface area contributed by atoms with Crippen LogP contribution in [0.5, 0.6) is 11.5 Å². The second kappa shape index (κ2) is 5.79. The van der Waals surface area contributed by atoms with E-state index in [0.29, 0.717) is 11.5 Å². The van der Waals surface area contributed by atoms with E-state index in [4.69, 9.17) is 4.74 Å². The SMILES string of the molecule is CNc1ccc(Oc2ccc(C(F)(F)F)cc2)c2cnccc12. The predicted octanol–water partition coefficient (Wildman–Crippen LogP) is 5.09. The van der Waals surface area contributed by atoms with Crippen LogP contribution in [0.4, 0.5) is 18.9 Å². The smallest absolute Gasteiger partial charge is 0.416 e. The minimum atomic E-state index is -4.36. The Labute approximate surface area is 130 Å². The number of pyridine rings is 1. The molecule has 3 nitrogen and oxygen atoms in total. The monoisotopic (exact) mass is 318 g/mol. The zero-order valence-corrected chi connectivity index (χ0v) is 12.2. The summed E-state index contributed by atoms with van der Waals surface area (Å²) >= 11 is 0. The van der Waals surface area contributed by atoms with Gasteiger partial charge in [0.15, 0.2) is 0 Å². The Hall–Kier alpha value is -2.76. The van der Waals surface area contributed by atoms with Crippen LogP contribution in [0.3, 0.4) is 0 Å². The molecule has 0 aliphatic heterocycles. The molecular weight excluding hydrogens is 305 g/mol. The van der Waals surface area contributed by atoms with Crippen molar-refractivity contribution in [3.05, 3.63) is 60.4 Å². The van der Waals surface area contributed by atoms with Crippen molar-refractivity contribution in [3.63, 3.8) is 0 Å². The van der Waals surface area contributed by atoms with Crippen molar-refractivity contribution in [1.82, 2.24) is 4.98 Å². The molecule has 1 heterocycles. The number of anilines is 1. The number of hydrogen-bond acceptors (Lipinski definition) is 3. The lowest BCUT2D eigenvalue weighted by Crippen LogP contribution is -2.04. The number of fused-ring (bicyclic) bond motifs is 1. The van der Waals surface area contributed by atoms with Crippen molar-refractivity contribution in [1.29, 1.82) is 0 Å². The summed E-state index contributed by atoms with van der Waals surface area (Å²) in [4.78, 5) is 4.08. The Balaban J connectivity index is 1.96. The molecule has 0 bridgehead atoms. The van der Waals surface area contributed by atoms with E-state index in [1.165, 1.54) is 12.1 Å².